The van der Waals surface area contributed by atoms with Crippen molar-refractivity contribution in [3.63, 3.8) is 0 Å². The van der Waals surface area contributed by atoms with Crippen molar-refractivity contribution in [3.05, 3.63) is 48.1 Å². The summed E-state index contributed by atoms with van der Waals surface area (Å²) in [5, 5.41) is 0. The van der Waals surface area contributed by atoms with Gasteiger partial charge in [0, 0.05) is 0 Å². The molecule has 0 amide bonds. The van der Waals surface area contributed by atoms with Crippen LogP contribution in [-0.4, -0.2) is 4.33 Å². The lowest BCUT2D eigenvalue weighted by molar-refractivity contribution is 1.18. The van der Waals surface area contributed by atoms with Gasteiger partial charge in [-0.05, 0) is 25.0 Å². The molecule has 0 bridgehead atoms. The molecule has 0 saturated carbocycles. The largest absolute Gasteiger partial charge is 0.161 e. The van der Waals surface area contributed by atoms with Crippen molar-refractivity contribution in [3.8, 4) is 0 Å². The molecule has 0 radical (unpaired) electrons. The van der Waals surface area contributed by atoms with E-state index in [1.165, 1.54) is 0 Å². The zero-order chi connectivity index (χ0) is 9.73. The van der Waals surface area contributed by atoms with Crippen molar-refractivity contribution in [2.24, 2.45) is 0 Å². The molecule has 1 rings (SSSR count). The first-order valence-corrected chi connectivity index (χ1v) is 4.98. The number of allylic oxidation sites excluding steroid dienone is 8. The maximum absolute atomic E-state index is 6.10. The molecule has 2 heteroatoms. The second-order valence-electron chi connectivity index (χ2n) is 2.81. The van der Waals surface area contributed by atoms with Crippen molar-refractivity contribution < 1.29 is 0 Å². The average Bonchev–Trinajstić information content (AvgIpc) is 2.56. The molecule has 0 spiro atoms. The second-order valence-corrected chi connectivity index (χ2v) is 4.19. The van der Waals surface area contributed by atoms with Crippen molar-refractivity contribution >= 4 is 23.2 Å². The first kappa shape index (κ1) is 10.6. The zero-order valence-electron chi connectivity index (χ0n) is 7.50. The van der Waals surface area contributed by atoms with E-state index in [0.29, 0.717) is 0 Å². The van der Waals surface area contributed by atoms with Crippen molar-refractivity contribution in [1.82, 2.24) is 0 Å². The Morgan fingerprint density at radius 2 is 2.15 bits per heavy atom. The van der Waals surface area contributed by atoms with E-state index in [4.69, 9.17) is 23.2 Å². The fraction of sp³-hybridized carbons (Fsp3) is 0.273. The van der Waals surface area contributed by atoms with Gasteiger partial charge in [0.2, 0.25) is 0 Å². The van der Waals surface area contributed by atoms with Gasteiger partial charge < -0.3 is 0 Å². The molecule has 0 N–H and O–H groups in total. The van der Waals surface area contributed by atoms with Gasteiger partial charge in [0.1, 0.15) is 0 Å². The van der Waals surface area contributed by atoms with Crippen LogP contribution in [0.5, 0.6) is 0 Å². The van der Waals surface area contributed by atoms with Gasteiger partial charge in [-0.2, -0.15) is 0 Å². The third-order valence-corrected chi connectivity index (χ3v) is 2.45. The van der Waals surface area contributed by atoms with Crippen molar-refractivity contribution in [2.75, 3.05) is 0 Å². The van der Waals surface area contributed by atoms with Gasteiger partial charge in [0.15, 0.2) is 4.33 Å². The number of halogens is 2. The van der Waals surface area contributed by atoms with Gasteiger partial charge in [0.05, 0.1) is 0 Å². The van der Waals surface area contributed by atoms with Crippen LogP contribution in [0.3, 0.4) is 0 Å². The topological polar surface area (TPSA) is 0 Å². The highest BCUT2D eigenvalue weighted by atomic mass is 35.5. The van der Waals surface area contributed by atoms with Crippen LogP contribution >= 0.6 is 23.2 Å². The second kappa shape index (κ2) is 4.69. The molecule has 0 heterocycles. The van der Waals surface area contributed by atoms with Crippen LogP contribution in [-0.2, 0) is 0 Å². The van der Waals surface area contributed by atoms with Crippen LogP contribution < -0.4 is 0 Å². The fourth-order valence-corrected chi connectivity index (χ4v) is 1.51. The maximum Gasteiger partial charge on any atom is 0.161 e. The number of hydrogen-bond donors (Lipinski definition) is 0. The highest BCUT2D eigenvalue weighted by Gasteiger charge is 2.24. The Labute approximate surface area is 89.2 Å². The highest BCUT2D eigenvalue weighted by Crippen LogP contribution is 2.35. The van der Waals surface area contributed by atoms with Crippen molar-refractivity contribution in [1.29, 1.82) is 0 Å². The standard InChI is InChI=1S/C11H12Cl2/c1-2-3-6-9-11(12,13)10-7-4-5-8-10/h2-4,6-9H,5H2,1H3/b3-2+,9-6+. The molecule has 1 aliphatic carbocycles. The predicted molar refractivity (Wildman–Crippen MR) is 60.2 cm³/mol. The maximum atomic E-state index is 6.10. The minimum atomic E-state index is -0.882. The van der Waals surface area contributed by atoms with E-state index >= 15 is 0 Å². The third kappa shape index (κ3) is 3.06. The molecule has 1 aliphatic rings. The van der Waals surface area contributed by atoms with Crippen LogP contribution in [0.25, 0.3) is 0 Å². The van der Waals surface area contributed by atoms with Crippen LogP contribution in [0, 0.1) is 0 Å². The van der Waals surface area contributed by atoms with Crippen LogP contribution in [0.4, 0.5) is 0 Å². The third-order valence-electron chi connectivity index (χ3n) is 1.77. The van der Waals surface area contributed by atoms with E-state index < -0.39 is 4.33 Å². The van der Waals surface area contributed by atoms with E-state index in [-0.39, 0.29) is 0 Å². The molecule has 0 aromatic rings. The molecule has 0 saturated heterocycles. The lowest BCUT2D eigenvalue weighted by atomic mass is 10.2. The number of alkyl halides is 2. The molecule has 0 aliphatic heterocycles. The Bertz CT molecular complexity index is 280. The lowest BCUT2D eigenvalue weighted by Gasteiger charge is -2.14. The molecular formula is C11H12Cl2. The normalized spacial score (nSPS) is 17.6. The van der Waals surface area contributed by atoms with Gasteiger partial charge >= 0.3 is 0 Å². The van der Waals surface area contributed by atoms with Crippen molar-refractivity contribution in [2.45, 2.75) is 17.7 Å². The van der Waals surface area contributed by atoms with Gasteiger partial charge in [-0.3, -0.25) is 0 Å². The quantitative estimate of drug-likeness (QED) is 0.489. The summed E-state index contributed by atoms with van der Waals surface area (Å²) in [5.74, 6) is 0. The Kier molecular flexibility index (Phi) is 3.83. The SMILES string of the molecule is C/C=C/C=C/C(Cl)(Cl)C1=CCC=C1. The van der Waals surface area contributed by atoms with Gasteiger partial charge in [-0.15, -0.1) is 0 Å². The smallest absolute Gasteiger partial charge is 0.0916 e. The number of hydrogen-bond acceptors (Lipinski definition) is 0. The molecule has 13 heavy (non-hydrogen) atoms. The van der Waals surface area contributed by atoms with E-state index in [2.05, 4.69) is 0 Å². The predicted octanol–water partition coefficient (Wildman–Crippen LogP) is 4.18. The molecule has 0 unspecified atom stereocenters. The van der Waals surface area contributed by atoms with E-state index in [1.54, 1.807) is 6.08 Å². The molecule has 0 aromatic carbocycles. The minimum Gasteiger partial charge on any atom is -0.0916 e. The van der Waals surface area contributed by atoms with Gasteiger partial charge in [-0.1, -0.05) is 59.7 Å². The van der Waals surface area contributed by atoms with Gasteiger partial charge in [0.25, 0.3) is 0 Å². The summed E-state index contributed by atoms with van der Waals surface area (Å²) in [6.45, 7) is 1.95. The van der Waals surface area contributed by atoms with E-state index in [9.17, 15) is 0 Å². The highest BCUT2D eigenvalue weighted by molar-refractivity contribution is 6.52. The van der Waals surface area contributed by atoms with E-state index in [0.717, 1.165) is 12.0 Å². The van der Waals surface area contributed by atoms with E-state index in [1.807, 2.05) is 43.4 Å². The summed E-state index contributed by atoms with van der Waals surface area (Å²) in [4.78, 5) is 0. The Morgan fingerprint density at radius 3 is 2.69 bits per heavy atom. The lowest BCUT2D eigenvalue weighted by Crippen LogP contribution is -2.09. The van der Waals surface area contributed by atoms with Crippen LogP contribution in [0.15, 0.2) is 48.1 Å². The molecular weight excluding hydrogens is 203 g/mol. The molecule has 0 nitrogen and oxygen atoms in total. The average molecular weight is 215 g/mol. The first-order chi connectivity index (χ1) is 6.17. The van der Waals surface area contributed by atoms with Gasteiger partial charge in [-0.25, -0.2) is 0 Å². The Hall–Kier alpha value is -0.460. The number of rotatable bonds is 3. The summed E-state index contributed by atoms with van der Waals surface area (Å²) in [6.07, 6.45) is 14.4. The molecule has 0 aromatic heterocycles. The summed E-state index contributed by atoms with van der Waals surface area (Å²) >= 11 is 12.2. The van der Waals surface area contributed by atoms with Crippen LogP contribution in [0.1, 0.15) is 13.3 Å². The summed E-state index contributed by atoms with van der Waals surface area (Å²) in [7, 11) is 0. The molecule has 0 fully saturated rings. The summed E-state index contributed by atoms with van der Waals surface area (Å²) in [6, 6.07) is 0. The monoisotopic (exact) mass is 214 g/mol. The summed E-state index contributed by atoms with van der Waals surface area (Å²) < 4.78 is -0.882. The molecule has 70 valence electrons. The zero-order valence-corrected chi connectivity index (χ0v) is 9.02. The first-order valence-electron chi connectivity index (χ1n) is 4.22. The Morgan fingerprint density at radius 1 is 1.38 bits per heavy atom. The van der Waals surface area contributed by atoms with Crippen LogP contribution in [0.2, 0.25) is 0 Å². The Balaban J connectivity index is 2.70. The summed E-state index contributed by atoms with van der Waals surface area (Å²) in [5.41, 5.74) is 0.955. The fourth-order valence-electron chi connectivity index (χ4n) is 1.09. The molecule has 0 atom stereocenters. The minimum absolute atomic E-state index is 0.882.